The summed E-state index contributed by atoms with van der Waals surface area (Å²) in [6.07, 6.45) is 3.26. The molecule has 0 bridgehead atoms. The second kappa shape index (κ2) is 8.31. The zero-order chi connectivity index (χ0) is 12.5. The van der Waals surface area contributed by atoms with Crippen molar-refractivity contribution in [3.05, 3.63) is 0 Å². The van der Waals surface area contributed by atoms with Gasteiger partial charge >= 0.3 is 0 Å². The van der Waals surface area contributed by atoms with Gasteiger partial charge in [0.05, 0.1) is 13.2 Å². The molecule has 0 aromatic heterocycles. The van der Waals surface area contributed by atoms with E-state index in [1.165, 1.54) is 12.8 Å². The number of aliphatic imine (C=N–C) groups is 1. The van der Waals surface area contributed by atoms with E-state index in [-0.39, 0.29) is 6.61 Å². The Balaban J connectivity index is 2.11. The number of hydrogen-bond acceptors (Lipinski definition) is 3. The van der Waals surface area contributed by atoms with Crippen molar-refractivity contribution in [1.82, 2.24) is 4.90 Å². The molecule has 0 spiro atoms. The zero-order valence-corrected chi connectivity index (χ0v) is 10.8. The van der Waals surface area contributed by atoms with Gasteiger partial charge < -0.3 is 20.5 Å². The van der Waals surface area contributed by atoms with Gasteiger partial charge in [-0.25, -0.2) is 0 Å². The summed E-state index contributed by atoms with van der Waals surface area (Å²) in [7, 11) is 0. The van der Waals surface area contributed by atoms with Crippen LogP contribution >= 0.6 is 0 Å². The van der Waals surface area contributed by atoms with Crippen molar-refractivity contribution in [1.29, 1.82) is 0 Å². The number of piperidine rings is 1. The molecule has 0 aromatic rings. The van der Waals surface area contributed by atoms with E-state index in [0.717, 1.165) is 25.4 Å². The fraction of sp³-hybridized carbons (Fsp3) is 0.917. The maximum absolute atomic E-state index is 8.52. The van der Waals surface area contributed by atoms with Crippen LogP contribution in [0, 0.1) is 5.92 Å². The maximum Gasteiger partial charge on any atom is 0.191 e. The van der Waals surface area contributed by atoms with Gasteiger partial charge in [0.25, 0.3) is 0 Å². The van der Waals surface area contributed by atoms with Crippen LogP contribution in [-0.2, 0) is 4.74 Å². The summed E-state index contributed by atoms with van der Waals surface area (Å²) in [5, 5.41) is 8.52. The molecule has 0 aliphatic carbocycles. The predicted octanol–water partition coefficient (Wildman–Crippen LogP) is 0.432. The van der Waals surface area contributed by atoms with Gasteiger partial charge in [0.2, 0.25) is 0 Å². The Morgan fingerprint density at radius 3 is 2.76 bits per heavy atom. The molecule has 5 nitrogen and oxygen atoms in total. The quantitative estimate of drug-likeness (QED) is 0.403. The third kappa shape index (κ3) is 5.89. The van der Waals surface area contributed by atoms with Crippen LogP contribution in [0.15, 0.2) is 4.99 Å². The van der Waals surface area contributed by atoms with E-state index in [9.17, 15) is 0 Å². The minimum atomic E-state index is 0.0807. The summed E-state index contributed by atoms with van der Waals surface area (Å²) in [5.41, 5.74) is 5.93. The van der Waals surface area contributed by atoms with E-state index in [0.29, 0.717) is 25.7 Å². The molecular formula is C12H25N3O2. The molecule has 0 atom stereocenters. The molecule has 1 fully saturated rings. The predicted molar refractivity (Wildman–Crippen MR) is 69.0 cm³/mol. The van der Waals surface area contributed by atoms with Crippen molar-refractivity contribution in [2.75, 3.05) is 39.5 Å². The second-order valence-electron chi connectivity index (χ2n) is 4.60. The lowest BCUT2D eigenvalue weighted by molar-refractivity contribution is 0.0917. The van der Waals surface area contributed by atoms with E-state index in [1.807, 2.05) is 0 Å². The van der Waals surface area contributed by atoms with Gasteiger partial charge in [0.15, 0.2) is 5.96 Å². The lowest BCUT2D eigenvalue weighted by Crippen LogP contribution is -2.42. The van der Waals surface area contributed by atoms with Crippen LogP contribution in [0.5, 0.6) is 0 Å². The topological polar surface area (TPSA) is 71.1 Å². The highest BCUT2D eigenvalue weighted by molar-refractivity contribution is 5.78. The number of likely N-dealkylation sites (tertiary alicyclic amines) is 1. The SMILES string of the molecule is CC1CCN(C(N)=NCCCOCCO)CC1. The first-order valence-corrected chi connectivity index (χ1v) is 6.47. The molecule has 3 N–H and O–H groups in total. The Morgan fingerprint density at radius 2 is 2.12 bits per heavy atom. The van der Waals surface area contributed by atoms with Gasteiger partial charge in [-0.15, -0.1) is 0 Å². The van der Waals surface area contributed by atoms with Crippen LogP contribution in [0.25, 0.3) is 0 Å². The molecule has 1 saturated heterocycles. The Morgan fingerprint density at radius 1 is 1.41 bits per heavy atom. The van der Waals surface area contributed by atoms with Gasteiger partial charge in [0.1, 0.15) is 0 Å². The van der Waals surface area contributed by atoms with Crippen LogP contribution in [0.3, 0.4) is 0 Å². The van der Waals surface area contributed by atoms with Gasteiger partial charge in [0, 0.05) is 26.2 Å². The largest absolute Gasteiger partial charge is 0.394 e. The summed E-state index contributed by atoms with van der Waals surface area (Å²) in [5.74, 6) is 1.48. The van der Waals surface area contributed by atoms with E-state index in [2.05, 4.69) is 16.8 Å². The second-order valence-corrected chi connectivity index (χ2v) is 4.60. The summed E-state index contributed by atoms with van der Waals surface area (Å²) in [6.45, 7) is 6.15. The third-order valence-electron chi connectivity index (χ3n) is 3.06. The summed E-state index contributed by atoms with van der Waals surface area (Å²) >= 11 is 0. The lowest BCUT2D eigenvalue weighted by atomic mass is 10.00. The van der Waals surface area contributed by atoms with Crippen molar-refractivity contribution in [2.24, 2.45) is 16.6 Å². The number of nitrogens with zero attached hydrogens (tertiary/aromatic N) is 2. The molecular weight excluding hydrogens is 218 g/mol. The Kier molecular flexibility index (Phi) is 6.96. The minimum Gasteiger partial charge on any atom is -0.394 e. The molecule has 0 amide bonds. The summed E-state index contributed by atoms with van der Waals surface area (Å²) in [6, 6.07) is 0. The number of aliphatic hydroxyl groups excluding tert-OH is 1. The van der Waals surface area contributed by atoms with Crippen LogP contribution < -0.4 is 5.73 Å². The Labute approximate surface area is 104 Å². The Bertz CT molecular complexity index is 226. The van der Waals surface area contributed by atoms with Crippen molar-refractivity contribution >= 4 is 5.96 Å². The van der Waals surface area contributed by atoms with Crippen LogP contribution in [-0.4, -0.2) is 55.4 Å². The molecule has 0 aromatic carbocycles. The van der Waals surface area contributed by atoms with Crippen LogP contribution in [0.1, 0.15) is 26.2 Å². The molecule has 1 aliphatic heterocycles. The third-order valence-corrected chi connectivity index (χ3v) is 3.06. The molecule has 1 aliphatic rings. The first-order chi connectivity index (χ1) is 8.24. The average Bonchev–Trinajstić information content (AvgIpc) is 2.34. The van der Waals surface area contributed by atoms with Crippen LogP contribution in [0.2, 0.25) is 0 Å². The highest BCUT2D eigenvalue weighted by Crippen LogP contribution is 2.15. The van der Waals surface area contributed by atoms with Crippen molar-refractivity contribution < 1.29 is 9.84 Å². The van der Waals surface area contributed by atoms with E-state index in [1.54, 1.807) is 0 Å². The first-order valence-electron chi connectivity index (χ1n) is 6.47. The average molecular weight is 243 g/mol. The molecule has 0 radical (unpaired) electrons. The number of guanidine groups is 1. The highest BCUT2D eigenvalue weighted by atomic mass is 16.5. The molecule has 1 rings (SSSR count). The maximum atomic E-state index is 8.52. The van der Waals surface area contributed by atoms with Crippen molar-refractivity contribution in [2.45, 2.75) is 26.2 Å². The Hall–Kier alpha value is -0.810. The number of rotatable bonds is 6. The van der Waals surface area contributed by atoms with E-state index < -0.39 is 0 Å². The summed E-state index contributed by atoms with van der Waals surface area (Å²) in [4.78, 5) is 6.51. The van der Waals surface area contributed by atoms with E-state index >= 15 is 0 Å². The van der Waals surface area contributed by atoms with Crippen molar-refractivity contribution in [3.63, 3.8) is 0 Å². The lowest BCUT2D eigenvalue weighted by Gasteiger charge is -2.31. The monoisotopic (exact) mass is 243 g/mol. The number of hydrogen-bond donors (Lipinski definition) is 2. The normalized spacial score (nSPS) is 18.7. The van der Waals surface area contributed by atoms with E-state index in [4.69, 9.17) is 15.6 Å². The standard InChI is InChI=1S/C12H25N3O2/c1-11-3-6-15(7-4-11)12(13)14-5-2-9-17-10-8-16/h11,16H,2-10H2,1H3,(H2,13,14). The molecule has 0 saturated carbocycles. The fourth-order valence-electron chi connectivity index (χ4n) is 1.86. The van der Waals surface area contributed by atoms with Crippen LogP contribution in [0.4, 0.5) is 0 Å². The molecule has 0 unspecified atom stereocenters. The number of nitrogens with two attached hydrogens (primary N) is 1. The summed E-state index contributed by atoms with van der Waals surface area (Å²) < 4.78 is 5.15. The molecule has 100 valence electrons. The van der Waals surface area contributed by atoms with Gasteiger partial charge in [-0.1, -0.05) is 6.92 Å². The van der Waals surface area contributed by atoms with Gasteiger partial charge in [-0.05, 0) is 25.2 Å². The zero-order valence-electron chi connectivity index (χ0n) is 10.8. The number of aliphatic hydroxyl groups is 1. The van der Waals surface area contributed by atoms with Gasteiger partial charge in [-0.2, -0.15) is 0 Å². The molecule has 5 heteroatoms. The fourth-order valence-corrected chi connectivity index (χ4v) is 1.86. The highest BCUT2D eigenvalue weighted by Gasteiger charge is 2.16. The smallest absolute Gasteiger partial charge is 0.191 e. The minimum absolute atomic E-state index is 0.0807. The van der Waals surface area contributed by atoms with Crippen molar-refractivity contribution in [3.8, 4) is 0 Å². The molecule has 17 heavy (non-hydrogen) atoms. The number of ether oxygens (including phenoxy) is 1. The first kappa shape index (κ1) is 14.3. The molecule has 1 heterocycles. The van der Waals surface area contributed by atoms with Gasteiger partial charge in [-0.3, -0.25) is 4.99 Å².